The summed E-state index contributed by atoms with van der Waals surface area (Å²) in [7, 11) is 0. The first-order valence-electron chi connectivity index (χ1n) is 8.53. The molecule has 0 radical (unpaired) electrons. The molecule has 4 rings (SSSR count). The minimum Gasteiger partial charge on any atom is -0.493 e. The van der Waals surface area contributed by atoms with E-state index in [1.807, 2.05) is 0 Å². The smallest absolute Gasteiger partial charge is 0.124 e. The van der Waals surface area contributed by atoms with Crippen molar-refractivity contribution >= 4 is 0 Å². The SMILES string of the molecule is CCCOc1ccccc1C(NN)C1C2C3CCC(C3)C21. The van der Waals surface area contributed by atoms with Gasteiger partial charge in [-0.15, -0.1) is 0 Å². The second-order valence-corrected chi connectivity index (χ2v) is 7.10. The fraction of sp³-hybridized carbons (Fsp3) is 0.667. The van der Waals surface area contributed by atoms with Crippen molar-refractivity contribution < 1.29 is 4.74 Å². The van der Waals surface area contributed by atoms with Gasteiger partial charge in [-0.1, -0.05) is 25.1 Å². The third-order valence-corrected chi connectivity index (χ3v) is 6.08. The van der Waals surface area contributed by atoms with E-state index in [9.17, 15) is 0 Å². The van der Waals surface area contributed by atoms with Crippen molar-refractivity contribution in [2.24, 2.45) is 35.4 Å². The van der Waals surface area contributed by atoms with Gasteiger partial charge in [0.2, 0.25) is 0 Å². The van der Waals surface area contributed by atoms with E-state index in [1.165, 1.54) is 24.8 Å². The molecule has 1 aromatic rings. The molecule has 1 aromatic carbocycles. The van der Waals surface area contributed by atoms with E-state index >= 15 is 0 Å². The van der Waals surface area contributed by atoms with Crippen molar-refractivity contribution in [3.63, 3.8) is 0 Å². The maximum absolute atomic E-state index is 5.95. The van der Waals surface area contributed by atoms with Crippen molar-refractivity contribution in [1.29, 1.82) is 0 Å². The van der Waals surface area contributed by atoms with Gasteiger partial charge in [-0.05, 0) is 61.3 Å². The number of nitrogens with one attached hydrogen (secondary N) is 1. The molecule has 3 N–H and O–H groups in total. The molecule has 3 fully saturated rings. The van der Waals surface area contributed by atoms with Crippen LogP contribution in [0.3, 0.4) is 0 Å². The summed E-state index contributed by atoms with van der Waals surface area (Å²) >= 11 is 0. The molecule has 114 valence electrons. The number of benzene rings is 1. The van der Waals surface area contributed by atoms with Gasteiger partial charge in [0.1, 0.15) is 5.75 Å². The van der Waals surface area contributed by atoms with Gasteiger partial charge < -0.3 is 4.74 Å². The maximum atomic E-state index is 5.95. The molecule has 0 amide bonds. The summed E-state index contributed by atoms with van der Waals surface area (Å²) in [6, 6.07) is 8.69. The monoisotopic (exact) mass is 286 g/mol. The van der Waals surface area contributed by atoms with Crippen LogP contribution in [-0.2, 0) is 0 Å². The molecule has 0 aliphatic heterocycles. The van der Waals surface area contributed by atoms with Crippen LogP contribution in [-0.4, -0.2) is 6.61 Å². The number of rotatable bonds is 6. The van der Waals surface area contributed by atoms with Gasteiger partial charge in [0.05, 0.1) is 12.6 Å². The van der Waals surface area contributed by atoms with Gasteiger partial charge in [-0.25, -0.2) is 0 Å². The van der Waals surface area contributed by atoms with Crippen LogP contribution < -0.4 is 16.0 Å². The Hall–Kier alpha value is -1.06. The van der Waals surface area contributed by atoms with E-state index in [0.717, 1.165) is 48.4 Å². The Kier molecular flexibility index (Phi) is 3.43. The lowest BCUT2D eigenvalue weighted by atomic mass is 9.93. The predicted octanol–water partition coefficient (Wildman–Crippen LogP) is 3.27. The fourth-order valence-corrected chi connectivity index (χ4v) is 5.33. The molecule has 0 aromatic heterocycles. The molecule has 0 spiro atoms. The topological polar surface area (TPSA) is 47.3 Å². The molecule has 3 heteroatoms. The minimum absolute atomic E-state index is 0.261. The molecule has 0 heterocycles. The van der Waals surface area contributed by atoms with Crippen molar-refractivity contribution in [3.05, 3.63) is 29.8 Å². The van der Waals surface area contributed by atoms with Gasteiger partial charge in [0, 0.05) is 5.56 Å². The van der Waals surface area contributed by atoms with Gasteiger partial charge >= 0.3 is 0 Å². The Morgan fingerprint density at radius 1 is 1.24 bits per heavy atom. The molecule has 5 unspecified atom stereocenters. The number of hydrazine groups is 1. The third kappa shape index (κ3) is 2.09. The van der Waals surface area contributed by atoms with E-state index in [4.69, 9.17) is 10.6 Å². The van der Waals surface area contributed by atoms with Gasteiger partial charge in [-0.3, -0.25) is 11.3 Å². The summed E-state index contributed by atoms with van der Waals surface area (Å²) in [5, 5.41) is 0. The van der Waals surface area contributed by atoms with E-state index in [0.29, 0.717) is 0 Å². The van der Waals surface area contributed by atoms with Crippen LogP contribution in [0.15, 0.2) is 24.3 Å². The highest BCUT2D eigenvalue weighted by Gasteiger charge is 2.66. The highest BCUT2D eigenvalue weighted by atomic mass is 16.5. The van der Waals surface area contributed by atoms with Gasteiger partial charge in [-0.2, -0.15) is 0 Å². The Morgan fingerprint density at radius 3 is 2.62 bits per heavy atom. The number of nitrogens with two attached hydrogens (primary N) is 1. The summed E-state index contributed by atoms with van der Waals surface area (Å²) in [5.74, 6) is 11.5. The highest BCUT2D eigenvalue weighted by Crippen LogP contribution is 2.72. The molecule has 3 aliphatic carbocycles. The minimum atomic E-state index is 0.261. The summed E-state index contributed by atoms with van der Waals surface area (Å²) < 4.78 is 5.94. The van der Waals surface area contributed by atoms with E-state index in [-0.39, 0.29) is 6.04 Å². The first-order chi connectivity index (χ1) is 10.3. The number of para-hydroxylation sites is 1. The predicted molar refractivity (Wildman–Crippen MR) is 83.6 cm³/mol. The normalized spacial score (nSPS) is 37.3. The summed E-state index contributed by atoms with van der Waals surface area (Å²) in [5.41, 5.74) is 4.37. The fourth-order valence-electron chi connectivity index (χ4n) is 5.33. The second kappa shape index (κ2) is 5.29. The van der Waals surface area contributed by atoms with Crippen LogP contribution in [0.2, 0.25) is 0 Å². The van der Waals surface area contributed by atoms with Crippen LogP contribution in [0, 0.1) is 29.6 Å². The lowest BCUT2D eigenvalue weighted by Crippen LogP contribution is -2.31. The Bertz CT molecular complexity index is 502. The molecule has 5 atom stereocenters. The summed E-state index contributed by atoms with van der Waals surface area (Å²) in [6.07, 6.45) is 5.42. The maximum Gasteiger partial charge on any atom is 0.124 e. The highest BCUT2D eigenvalue weighted by molar-refractivity contribution is 5.38. The molecule has 21 heavy (non-hydrogen) atoms. The number of ether oxygens (including phenoxy) is 1. The molecule has 0 saturated heterocycles. The van der Waals surface area contributed by atoms with Gasteiger partial charge in [0.15, 0.2) is 0 Å². The third-order valence-electron chi connectivity index (χ3n) is 6.08. The van der Waals surface area contributed by atoms with Crippen LogP contribution in [0.25, 0.3) is 0 Å². The van der Waals surface area contributed by atoms with E-state index in [2.05, 4.69) is 36.6 Å². The zero-order chi connectivity index (χ0) is 14.4. The first kappa shape index (κ1) is 13.6. The van der Waals surface area contributed by atoms with Crippen molar-refractivity contribution in [3.8, 4) is 5.75 Å². The van der Waals surface area contributed by atoms with Crippen LogP contribution >= 0.6 is 0 Å². The number of hydrogen-bond donors (Lipinski definition) is 2. The van der Waals surface area contributed by atoms with Crippen molar-refractivity contribution in [2.75, 3.05) is 6.61 Å². The second-order valence-electron chi connectivity index (χ2n) is 7.10. The molecular formula is C18H26N2O. The number of hydrogen-bond acceptors (Lipinski definition) is 3. The first-order valence-corrected chi connectivity index (χ1v) is 8.53. The largest absolute Gasteiger partial charge is 0.493 e. The standard InChI is InChI=1S/C18H26N2O/c1-2-9-21-14-6-4-3-5-13(14)18(20-19)17-15-11-7-8-12(10-11)16(15)17/h3-6,11-12,15-18,20H,2,7-10,19H2,1H3. The van der Waals surface area contributed by atoms with Crippen LogP contribution in [0.4, 0.5) is 0 Å². The molecule has 2 bridgehead atoms. The van der Waals surface area contributed by atoms with Crippen LogP contribution in [0.1, 0.15) is 44.2 Å². The lowest BCUT2D eigenvalue weighted by Gasteiger charge is -2.22. The lowest BCUT2D eigenvalue weighted by molar-refractivity contribution is 0.302. The summed E-state index contributed by atoms with van der Waals surface area (Å²) in [4.78, 5) is 0. The van der Waals surface area contributed by atoms with Crippen molar-refractivity contribution in [2.45, 2.75) is 38.6 Å². The zero-order valence-electron chi connectivity index (χ0n) is 12.8. The molecular weight excluding hydrogens is 260 g/mol. The zero-order valence-corrected chi connectivity index (χ0v) is 12.8. The van der Waals surface area contributed by atoms with Crippen LogP contribution in [0.5, 0.6) is 5.75 Å². The number of fused-ring (bicyclic) bond motifs is 5. The molecule has 3 nitrogen and oxygen atoms in total. The molecule has 3 aliphatic rings. The van der Waals surface area contributed by atoms with E-state index in [1.54, 1.807) is 0 Å². The Labute approximate surface area is 127 Å². The molecule has 3 saturated carbocycles. The average molecular weight is 286 g/mol. The van der Waals surface area contributed by atoms with Gasteiger partial charge in [0.25, 0.3) is 0 Å². The Morgan fingerprint density at radius 2 is 1.95 bits per heavy atom. The average Bonchev–Trinajstić information content (AvgIpc) is 2.93. The quantitative estimate of drug-likeness (QED) is 0.623. The Balaban J connectivity index is 1.57. The summed E-state index contributed by atoms with van der Waals surface area (Å²) in [6.45, 7) is 2.92. The van der Waals surface area contributed by atoms with Crippen molar-refractivity contribution in [1.82, 2.24) is 5.43 Å². The van der Waals surface area contributed by atoms with E-state index < -0.39 is 0 Å².